The maximum absolute atomic E-state index is 5.91. The van der Waals surface area contributed by atoms with Gasteiger partial charge in [-0.05, 0) is 43.0 Å². The highest BCUT2D eigenvalue weighted by molar-refractivity contribution is 6.30. The summed E-state index contributed by atoms with van der Waals surface area (Å²) in [6.45, 7) is 4.73. The Labute approximate surface area is 111 Å². The summed E-state index contributed by atoms with van der Waals surface area (Å²) in [7, 11) is 0. The zero-order chi connectivity index (χ0) is 13.0. The number of anilines is 1. The molecule has 0 bridgehead atoms. The zero-order valence-electron chi connectivity index (χ0n) is 10.4. The van der Waals surface area contributed by atoms with Crippen molar-refractivity contribution >= 4 is 17.4 Å². The van der Waals surface area contributed by atoms with Crippen molar-refractivity contribution in [3.05, 3.63) is 46.4 Å². The van der Waals surface area contributed by atoms with Crippen LogP contribution < -0.4 is 5.32 Å². The molecule has 5 heteroatoms. The highest BCUT2D eigenvalue weighted by Gasteiger charge is 2.07. The number of aromatic nitrogens is 3. The number of pyridine rings is 1. The molecule has 2 heterocycles. The lowest BCUT2D eigenvalue weighted by atomic mass is 10.2. The zero-order valence-corrected chi connectivity index (χ0v) is 11.2. The van der Waals surface area contributed by atoms with E-state index in [2.05, 4.69) is 26.6 Å². The molecule has 1 N–H and O–H groups in total. The molecule has 0 fully saturated rings. The predicted molar refractivity (Wildman–Crippen MR) is 72.9 cm³/mol. The quantitative estimate of drug-likeness (QED) is 0.921. The summed E-state index contributed by atoms with van der Waals surface area (Å²) in [5.74, 6) is 0.792. The molecule has 0 atom stereocenters. The van der Waals surface area contributed by atoms with Gasteiger partial charge in [0.25, 0.3) is 0 Å². The Bertz CT molecular complexity index is 528. The van der Waals surface area contributed by atoms with Crippen LogP contribution in [0.15, 0.2) is 24.5 Å². The first-order chi connectivity index (χ1) is 8.68. The van der Waals surface area contributed by atoms with Gasteiger partial charge >= 0.3 is 0 Å². The van der Waals surface area contributed by atoms with Gasteiger partial charge < -0.3 is 5.32 Å². The van der Waals surface area contributed by atoms with Crippen LogP contribution in [-0.4, -0.2) is 21.7 Å². The fraction of sp³-hybridized carbons (Fsp3) is 0.308. The van der Waals surface area contributed by atoms with Gasteiger partial charge in [0.15, 0.2) is 11.0 Å². The fourth-order valence-corrected chi connectivity index (χ4v) is 1.79. The highest BCUT2D eigenvalue weighted by atomic mass is 35.5. The van der Waals surface area contributed by atoms with Crippen molar-refractivity contribution in [2.75, 3.05) is 11.9 Å². The molecule has 18 heavy (non-hydrogen) atoms. The average molecular weight is 263 g/mol. The molecule has 2 rings (SSSR count). The van der Waals surface area contributed by atoms with Gasteiger partial charge in [0, 0.05) is 18.9 Å². The minimum Gasteiger partial charge on any atom is -0.368 e. The largest absolute Gasteiger partial charge is 0.368 e. The molecule has 0 saturated carbocycles. The summed E-state index contributed by atoms with van der Waals surface area (Å²) in [6, 6.07) is 3.99. The van der Waals surface area contributed by atoms with E-state index in [4.69, 9.17) is 11.6 Å². The van der Waals surface area contributed by atoms with Gasteiger partial charge in [-0.1, -0.05) is 17.7 Å². The van der Waals surface area contributed by atoms with Crippen LogP contribution in [0.1, 0.15) is 16.7 Å². The Balaban J connectivity index is 1.97. The maximum Gasteiger partial charge on any atom is 0.155 e. The van der Waals surface area contributed by atoms with E-state index in [-0.39, 0.29) is 0 Å². The van der Waals surface area contributed by atoms with E-state index in [1.54, 1.807) is 6.20 Å². The van der Waals surface area contributed by atoms with Crippen LogP contribution in [-0.2, 0) is 6.42 Å². The van der Waals surface area contributed by atoms with E-state index in [1.165, 1.54) is 5.56 Å². The Morgan fingerprint density at radius 2 is 2.06 bits per heavy atom. The van der Waals surface area contributed by atoms with E-state index in [1.807, 2.05) is 26.1 Å². The Kier molecular flexibility index (Phi) is 4.10. The third-order valence-corrected chi connectivity index (χ3v) is 3.25. The predicted octanol–water partition coefficient (Wildman–Crippen LogP) is 2.80. The van der Waals surface area contributed by atoms with Crippen LogP contribution in [0.5, 0.6) is 0 Å². The summed E-state index contributed by atoms with van der Waals surface area (Å²) < 4.78 is 0. The van der Waals surface area contributed by atoms with Crippen LogP contribution in [0.4, 0.5) is 5.82 Å². The van der Waals surface area contributed by atoms with Crippen molar-refractivity contribution in [1.82, 2.24) is 15.2 Å². The van der Waals surface area contributed by atoms with Crippen molar-refractivity contribution in [2.24, 2.45) is 0 Å². The SMILES string of the molecule is Cc1c(Cl)nnc(NCCc2cccnc2)c1C. The van der Waals surface area contributed by atoms with Gasteiger partial charge in [0.1, 0.15) is 0 Å². The van der Waals surface area contributed by atoms with Crippen LogP contribution in [0.3, 0.4) is 0 Å². The lowest BCUT2D eigenvalue weighted by Crippen LogP contribution is -2.09. The van der Waals surface area contributed by atoms with Gasteiger partial charge in [-0.25, -0.2) is 0 Å². The number of nitrogens with one attached hydrogen (secondary N) is 1. The fourth-order valence-electron chi connectivity index (χ4n) is 1.62. The monoisotopic (exact) mass is 262 g/mol. The van der Waals surface area contributed by atoms with Crippen LogP contribution in [0, 0.1) is 13.8 Å². The van der Waals surface area contributed by atoms with Crippen molar-refractivity contribution in [3.63, 3.8) is 0 Å². The van der Waals surface area contributed by atoms with E-state index >= 15 is 0 Å². The molecule has 2 aromatic heterocycles. The normalized spacial score (nSPS) is 10.4. The first kappa shape index (κ1) is 12.8. The molecule has 4 nitrogen and oxygen atoms in total. The molecule has 0 unspecified atom stereocenters. The van der Waals surface area contributed by atoms with Crippen molar-refractivity contribution in [2.45, 2.75) is 20.3 Å². The molecule has 0 aliphatic rings. The standard InChI is InChI=1S/C13H15ClN4/c1-9-10(2)13(18-17-12(9)14)16-7-5-11-4-3-6-15-8-11/h3-4,6,8H,5,7H2,1-2H3,(H,16,18). The first-order valence-electron chi connectivity index (χ1n) is 5.80. The van der Waals surface area contributed by atoms with E-state index in [0.717, 1.165) is 29.9 Å². The summed E-state index contributed by atoms with van der Waals surface area (Å²) in [5, 5.41) is 11.7. The molecule has 2 aromatic rings. The van der Waals surface area contributed by atoms with Gasteiger partial charge in [-0.15, -0.1) is 10.2 Å². The van der Waals surface area contributed by atoms with Gasteiger partial charge in [-0.2, -0.15) is 0 Å². The molecule has 0 aromatic carbocycles. The van der Waals surface area contributed by atoms with E-state index in [9.17, 15) is 0 Å². The number of rotatable bonds is 4. The van der Waals surface area contributed by atoms with Gasteiger partial charge in [-0.3, -0.25) is 4.98 Å². The van der Waals surface area contributed by atoms with E-state index < -0.39 is 0 Å². The summed E-state index contributed by atoms with van der Waals surface area (Å²) in [6.07, 6.45) is 4.54. The van der Waals surface area contributed by atoms with Gasteiger partial charge in [0.05, 0.1) is 0 Å². The lowest BCUT2D eigenvalue weighted by molar-refractivity contribution is 0.944. The molecule has 0 aliphatic heterocycles. The van der Waals surface area contributed by atoms with Crippen molar-refractivity contribution < 1.29 is 0 Å². The third-order valence-electron chi connectivity index (χ3n) is 2.89. The highest BCUT2D eigenvalue weighted by Crippen LogP contribution is 2.20. The number of hydrogen-bond donors (Lipinski definition) is 1. The minimum absolute atomic E-state index is 0.463. The smallest absolute Gasteiger partial charge is 0.155 e. The lowest BCUT2D eigenvalue weighted by Gasteiger charge is -2.10. The Hall–Kier alpha value is -1.68. The maximum atomic E-state index is 5.91. The second-order valence-corrected chi connectivity index (χ2v) is 4.49. The molecule has 0 radical (unpaired) electrons. The Morgan fingerprint density at radius 3 is 2.78 bits per heavy atom. The second-order valence-electron chi connectivity index (χ2n) is 4.13. The van der Waals surface area contributed by atoms with Crippen LogP contribution in [0.2, 0.25) is 5.15 Å². The van der Waals surface area contributed by atoms with Crippen molar-refractivity contribution in [3.8, 4) is 0 Å². The van der Waals surface area contributed by atoms with Crippen LogP contribution in [0.25, 0.3) is 0 Å². The number of hydrogen-bond acceptors (Lipinski definition) is 4. The molecule has 94 valence electrons. The van der Waals surface area contributed by atoms with Gasteiger partial charge in [0.2, 0.25) is 0 Å². The molecule has 0 spiro atoms. The summed E-state index contributed by atoms with van der Waals surface area (Å²) in [4.78, 5) is 4.08. The summed E-state index contributed by atoms with van der Waals surface area (Å²) in [5.41, 5.74) is 3.21. The molecule has 0 amide bonds. The molecular weight excluding hydrogens is 248 g/mol. The number of halogens is 1. The van der Waals surface area contributed by atoms with E-state index in [0.29, 0.717) is 5.15 Å². The topological polar surface area (TPSA) is 50.7 Å². The summed E-state index contributed by atoms with van der Waals surface area (Å²) >= 11 is 5.91. The first-order valence-corrected chi connectivity index (χ1v) is 6.18. The molecular formula is C13H15ClN4. The third kappa shape index (κ3) is 2.96. The average Bonchev–Trinajstić information content (AvgIpc) is 2.40. The molecule has 0 aliphatic carbocycles. The minimum atomic E-state index is 0.463. The Morgan fingerprint density at radius 1 is 1.22 bits per heavy atom. The number of nitrogens with zero attached hydrogens (tertiary/aromatic N) is 3. The van der Waals surface area contributed by atoms with Crippen LogP contribution >= 0.6 is 11.6 Å². The molecule has 0 saturated heterocycles. The van der Waals surface area contributed by atoms with Crippen molar-refractivity contribution in [1.29, 1.82) is 0 Å². The second kappa shape index (κ2) is 5.78.